The molecule has 2 heteroatoms. The molecule has 1 heterocycles. The lowest BCUT2D eigenvalue weighted by atomic mass is 10.00. The zero-order valence-corrected chi connectivity index (χ0v) is 9.37. The lowest BCUT2D eigenvalue weighted by Crippen LogP contribution is -1.95. The first kappa shape index (κ1) is 9.97. The summed E-state index contributed by atoms with van der Waals surface area (Å²) in [4.78, 5) is 4.35. The number of hydrogen-bond donors (Lipinski definition) is 0. The van der Waals surface area contributed by atoms with Crippen LogP contribution in [0.3, 0.4) is 0 Å². The fourth-order valence-electron chi connectivity index (χ4n) is 2.03. The number of nitrogens with zero attached hydrogens (tertiary/aromatic N) is 1. The molecule has 0 fully saturated rings. The molecule has 2 rings (SSSR count). The third kappa shape index (κ3) is 1.56. The van der Waals surface area contributed by atoms with Crippen molar-refractivity contribution in [1.29, 1.82) is 0 Å². The Kier molecular flexibility index (Phi) is 2.58. The van der Waals surface area contributed by atoms with E-state index in [0.717, 1.165) is 17.7 Å². The van der Waals surface area contributed by atoms with Crippen molar-refractivity contribution in [2.24, 2.45) is 0 Å². The van der Waals surface area contributed by atoms with E-state index in [1.54, 1.807) is 7.11 Å². The van der Waals surface area contributed by atoms with Crippen LogP contribution in [0.25, 0.3) is 10.9 Å². The molecule has 0 unspecified atom stereocenters. The molecule has 0 aliphatic carbocycles. The Morgan fingerprint density at radius 1 is 1.40 bits per heavy atom. The fraction of sp³-hybridized carbons (Fsp3) is 0.308. The van der Waals surface area contributed by atoms with Crippen LogP contribution in [-0.4, -0.2) is 12.1 Å². The first-order valence-electron chi connectivity index (χ1n) is 5.19. The predicted octanol–water partition coefficient (Wildman–Crippen LogP) is 3.11. The van der Waals surface area contributed by atoms with Gasteiger partial charge in [-0.3, -0.25) is 4.98 Å². The average Bonchev–Trinajstić information content (AvgIpc) is 2.29. The molecule has 0 bridgehead atoms. The highest BCUT2D eigenvalue weighted by Gasteiger charge is 2.09. The van der Waals surface area contributed by atoms with E-state index in [1.165, 1.54) is 16.5 Å². The van der Waals surface area contributed by atoms with Gasteiger partial charge in [0.1, 0.15) is 5.75 Å². The maximum Gasteiger partial charge on any atom is 0.124 e. The number of fused-ring (bicyclic) bond motifs is 1. The highest BCUT2D eigenvalue weighted by Crippen LogP contribution is 2.29. The van der Waals surface area contributed by atoms with E-state index < -0.39 is 0 Å². The molecule has 1 aromatic carbocycles. The van der Waals surface area contributed by atoms with Crippen LogP contribution in [0.1, 0.15) is 18.1 Å². The highest BCUT2D eigenvalue weighted by molar-refractivity contribution is 5.85. The van der Waals surface area contributed by atoms with Crippen molar-refractivity contribution in [1.82, 2.24) is 4.98 Å². The molecule has 1 aromatic heterocycles. The SMILES string of the molecule is CCc1c(OC)cc2ncccc2c1C. The summed E-state index contributed by atoms with van der Waals surface area (Å²) in [6.07, 6.45) is 2.80. The summed E-state index contributed by atoms with van der Waals surface area (Å²) < 4.78 is 5.39. The topological polar surface area (TPSA) is 22.1 Å². The monoisotopic (exact) mass is 201 g/mol. The molecule has 2 nitrogen and oxygen atoms in total. The van der Waals surface area contributed by atoms with Crippen molar-refractivity contribution in [3.63, 3.8) is 0 Å². The Bertz CT molecular complexity index is 491. The van der Waals surface area contributed by atoms with Crippen molar-refractivity contribution >= 4 is 10.9 Å². The van der Waals surface area contributed by atoms with E-state index in [4.69, 9.17) is 4.74 Å². The summed E-state index contributed by atoms with van der Waals surface area (Å²) in [5.74, 6) is 0.946. The quantitative estimate of drug-likeness (QED) is 0.744. The van der Waals surface area contributed by atoms with Gasteiger partial charge in [0.15, 0.2) is 0 Å². The zero-order chi connectivity index (χ0) is 10.8. The van der Waals surface area contributed by atoms with Gasteiger partial charge in [-0.1, -0.05) is 13.0 Å². The molecule has 15 heavy (non-hydrogen) atoms. The van der Waals surface area contributed by atoms with E-state index in [9.17, 15) is 0 Å². The van der Waals surface area contributed by atoms with E-state index in [2.05, 4.69) is 24.9 Å². The molecule has 0 atom stereocenters. The number of hydrogen-bond acceptors (Lipinski definition) is 2. The van der Waals surface area contributed by atoms with E-state index in [0.29, 0.717) is 0 Å². The van der Waals surface area contributed by atoms with Gasteiger partial charge in [0.05, 0.1) is 12.6 Å². The molecule has 0 radical (unpaired) electrons. The van der Waals surface area contributed by atoms with Gasteiger partial charge < -0.3 is 4.74 Å². The Labute approximate surface area is 89.9 Å². The van der Waals surface area contributed by atoms with Crippen LogP contribution in [0, 0.1) is 6.92 Å². The Morgan fingerprint density at radius 2 is 2.20 bits per heavy atom. The fourth-order valence-corrected chi connectivity index (χ4v) is 2.03. The highest BCUT2D eigenvalue weighted by atomic mass is 16.5. The van der Waals surface area contributed by atoms with Crippen molar-refractivity contribution in [3.8, 4) is 5.75 Å². The second-order valence-electron chi connectivity index (χ2n) is 3.61. The normalized spacial score (nSPS) is 10.6. The number of aromatic nitrogens is 1. The summed E-state index contributed by atoms with van der Waals surface area (Å²) in [6.45, 7) is 4.28. The van der Waals surface area contributed by atoms with Gasteiger partial charge in [0, 0.05) is 17.6 Å². The maximum absolute atomic E-state index is 5.39. The standard InChI is InChI=1S/C13H15NO/c1-4-10-9(2)11-6-5-7-14-12(11)8-13(10)15-3/h5-8H,4H2,1-3H3. The number of benzene rings is 1. The average molecular weight is 201 g/mol. The summed E-state index contributed by atoms with van der Waals surface area (Å²) >= 11 is 0. The second kappa shape index (κ2) is 3.89. The van der Waals surface area contributed by atoms with E-state index in [1.807, 2.05) is 18.3 Å². The number of ether oxygens (including phenoxy) is 1. The van der Waals surface area contributed by atoms with Crippen LogP contribution in [0.15, 0.2) is 24.4 Å². The third-order valence-electron chi connectivity index (χ3n) is 2.83. The lowest BCUT2D eigenvalue weighted by molar-refractivity contribution is 0.410. The minimum Gasteiger partial charge on any atom is -0.496 e. The Balaban J connectivity index is 2.81. The maximum atomic E-state index is 5.39. The molecule has 2 aromatic rings. The molecular formula is C13H15NO. The van der Waals surface area contributed by atoms with Crippen LogP contribution in [0.5, 0.6) is 5.75 Å². The van der Waals surface area contributed by atoms with E-state index in [-0.39, 0.29) is 0 Å². The smallest absolute Gasteiger partial charge is 0.124 e. The molecule has 0 saturated carbocycles. The van der Waals surface area contributed by atoms with Gasteiger partial charge in [0.25, 0.3) is 0 Å². The molecular weight excluding hydrogens is 186 g/mol. The van der Waals surface area contributed by atoms with Crippen molar-refractivity contribution in [3.05, 3.63) is 35.5 Å². The van der Waals surface area contributed by atoms with Gasteiger partial charge in [-0.25, -0.2) is 0 Å². The summed E-state index contributed by atoms with van der Waals surface area (Å²) in [5, 5.41) is 1.22. The summed E-state index contributed by atoms with van der Waals surface area (Å²) in [6, 6.07) is 6.10. The number of methoxy groups -OCH3 is 1. The predicted molar refractivity (Wildman–Crippen MR) is 62.4 cm³/mol. The van der Waals surface area contributed by atoms with E-state index >= 15 is 0 Å². The molecule has 0 N–H and O–H groups in total. The van der Waals surface area contributed by atoms with Crippen molar-refractivity contribution in [2.75, 3.05) is 7.11 Å². The first-order valence-corrected chi connectivity index (χ1v) is 5.19. The number of rotatable bonds is 2. The van der Waals surface area contributed by atoms with Gasteiger partial charge in [-0.15, -0.1) is 0 Å². The first-order chi connectivity index (χ1) is 7.27. The summed E-state index contributed by atoms with van der Waals surface area (Å²) in [5.41, 5.74) is 3.56. The molecule has 0 saturated heterocycles. The van der Waals surface area contributed by atoms with Crippen molar-refractivity contribution in [2.45, 2.75) is 20.3 Å². The molecule has 0 aliphatic rings. The van der Waals surface area contributed by atoms with Crippen LogP contribution >= 0.6 is 0 Å². The molecule has 0 aliphatic heterocycles. The summed E-state index contributed by atoms with van der Waals surface area (Å²) in [7, 11) is 1.71. The van der Waals surface area contributed by atoms with Gasteiger partial charge in [0.2, 0.25) is 0 Å². The second-order valence-corrected chi connectivity index (χ2v) is 3.61. The zero-order valence-electron chi connectivity index (χ0n) is 9.37. The van der Waals surface area contributed by atoms with Crippen LogP contribution < -0.4 is 4.74 Å². The van der Waals surface area contributed by atoms with Gasteiger partial charge >= 0.3 is 0 Å². The third-order valence-corrected chi connectivity index (χ3v) is 2.83. The van der Waals surface area contributed by atoms with Gasteiger partial charge in [-0.2, -0.15) is 0 Å². The van der Waals surface area contributed by atoms with Crippen LogP contribution in [0.4, 0.5) is 0 Å². The molecule has 78 valence electrons. The Morgan fingerprint density at radius 3 is 2.87 bits per heavy atom. The Hall–Kier alpha value is -1.57. The molecule has 0 amide bonds. The largest absolute Gasteiger partial charge is 0.496 e. The van der Waals surface area contributed by atoms with Crippen LogP contribution in [-0.2, 0) is 6.42 Å². The number of pyridine rings is 1. The minimum atomic E-state index is 0.946. The van der Waals surface area contributed by atoms with Gasteiger partial charge in [-0.05, 0) is 30.5 Å². The minimum absolute atomic E-state index is 0.946. The number of aryl methyl sites for hydroxylation is 1. The lowest BCUT2D eigenvalue weighted by Gasteiger charge is -2.12. The van der Waals surface area contributed by atoms with Crippen LogP contribution in [0.2, 0.25) is 0 Å². The molecule has 0 spiro atoms. The van der Waals surface area contributed by atoms with Crippen molar-refractivity contribution < 1.29 is 4.74 Å².